The molecule has 0 aliphatic rings. The third-order valence-corrected chi connectivity index (χ3v) is 3.53. The number of hydrogen-bond acceptors (Lipinski definition) is 3. The highest BCUT2D eigenvalue weighted by atomic mass is 16.1. The summed E-state index contributed by atoms with van der Waals surface area (Å²) in [6.07, 6.45) is 0. The maximum atomic E-state index is 12.0. The fraction of sp³-hybridized carbons (Fsp3) is 0.167. The molecule has 0 spiro atoms. The minimum atomic E-state index is -0.178. The van der Waals surface area contributed by atoms with Gasteiger partial charge in [-0.1, -0.05) is 29.8 Å². The summed E-state index contributed by atoms with van der Waals surface area (Å²) in [5, 5.41) is 0. The second-order valence-corrected chi connectivity index (χ2v) is 5.46. The minimum Gasteiger partial charge on any atom is -0.305 e. The highest BCUT2D eigenvalue weighted by Crippen LogP contribution is 2.23. The topological polar surface area (TPSA) is 58.6 Å². The van der Waals surface area contributed by atoms with E-state index in [4.69, 9.17) is 0 Å². The van der Waals surface area contributed by atoms with Crippen molar-refractivity contribution in [3.63, 3.8) is 0 Å². The molecule has 3 aromatic rings. The smallest absolute Gasteiger partial charge is 0.251 e. The first kappa shape index (κ1) is 14.2. The lowest BCUT2D eigenvalue weighted by Crippen LogP contribution is -2.09. The maximum absolute atomic E-state index is 12.0. The molecule has 110 valence electrons. The Morgan fingerprint density at radius 2 is 1.73 bits per heavy atom. The zero-order valence-corrected chi connectivity index (χ0v) is 12.8. The van der Waals surface area contributed by atoms with Gasteiger partial charge in [0.05, 0.1) is 5.69 Å². The van der Waals surface area contributed by atoms with Gasteiger partial charge in [-0.3, -0.25) is 4.79 Å². The Kier molecular flexibility index (Phi) is 3.59. The van der Waals surface area contributed by atoms with Gasteiger partial charge in [0.2, 0.25) is 0 Å². The van der Waals surface area contributed by atoms with Crippen LogP contribution in [0.15, 0.2) is 47.3 Å². The average molecular weight is 291 g/mol. The highest BCUT2D eigenvalue weighted by Gasteiger charge is 2.09. The zero-order valence-electron chi connectivity index (χ0n) is 12.8. The predicted molar refractivity (Wildman–Crippen MR) is 87.7 cm³/mol. The van der Waals surface area contributed by atoms with Gasteiger partial charge in [0.25, 0.3) is 5.56 Å². The molecule has 0 radical (unpaired) electrons. The Labute approximate surface area is 128 Å². The molecule has 0 aliphatic heterocycles. The van der Waals surface area contributed by atoms with Crippen molar-refractivity contribution < 1.29 is 0 Å². The lowest BCUT2D eigenvalue weighted by atomic mass is 10.0. The molecule has 1 aromatic carbocycles. The summed E-state index contributed by atoms with van der Waals surface area (Å²) in [7, 11) is 0. The van der Waals surface area contributed by atoms with Gasteiger partial charge in [0, 0.05) is 17.3 Å². The molecule has 0 saturated carbocycles. The van der Waals surface area contributed by atoms with Crippen LogP contribution in [0.5, 0.6) is 0 Å². The number of hydrogen-bond donors (Lipinski definition) is 1. The van der Waals surface area contributed by atoms with E-state index in [1.165, 1.54) is 11.6 Å². The second-order valence-electron chi connectivity index (χ2n) is 5.46. The SMILES string of the molecule is Cc1ccc(-c2cc(=O)[nH]c(-c3cccc(C)n3)n2)c(C)c1. The molecular formula is C18H17N3O. The van der Waals surface area contributed by atoms with Crippen molar-refractivity contribution in [1.29, 1.82) is 0 Å². The van der Waals surface area contributed by atoms with Crippen LogP contribution in [-0.2, 0) is 0 Å². The number of H-pyrrole nitrogens is 1. The van der Waals surface area contributed by atoms with Crippen molar-refractivity contribution in [2.24, 2.45) is 0 Å². The summed E-state index contributed by atoms with van der Waals surface area (Å²) in [6, 6.07) is 13.3. The van der Waals surface area contributed by atoms with Gasteiger partial charge in [-0.25, -0.2) is 9.97 Å². The lowest BCUT2D eigenvalue weighted by Gasteiger charge is -2.08. The van der Waals surface area contributed by atoms with Crippen LogP contribution in [-0.4, -0.2) is 15.0 Å². The number of nitrogens with one attached hydrogen (secondary N) is 1. The van der Waals surface area contributed by atoms with E-state index in [1.54, 1.807) is 0 Å². The van der Waals surface area contributed by atoms with E-state index in [-0.39, 0.29) is 5.56 Å². The largest absolute Gasteiger partial charge is 0.305 e. The average Bonchev–Trinajstić information content (AvgIpc) is 2.46. The van der Waals surface area contributed by atoms with Crippen LogP contribution < -0.4 is 5.56 Å². The Morgan fingerprint density at radius 3 is 2.45 bits per heavy atom. The van der Waals surface area contributed by atoms with E-state index in [9.17, 15) is 4.79 Å². The first-order valence-electron chi connectivity index (χ1n) is 7.16. The van der Waals surface area contributed by atoms with E-state index in [1.807, 2.05) is 51.1 Å². The van der Waals surface area contributed by atoms with Gasteiger partial charge >= 0.3 is 0 Å². The van der Waals surface area contributed by atoms with Crippen LogP contribution >= 0.6 is 0 Å². The molecule has 0 amide bonds. The Hall–Kier alpha value is -2.75. The van der Waals surface area contributed by atoms with Gasteiger partial charge in [0.1, 0.15) is 5.69 Å². The normalized spacial score (nSPS) is 10.7. The van der Waals surface area contributed by atoms with Gasteiger partial charge < -0.3 is 4.98 Å². The van der Waals surface area contributed by atoms with Gasteiger partial charge in [-0.15, -0.1) is 0 Å². The third kappa shape index (κ3) is 2.81. The first-order chi connectivity index (χ1) is 10.5. The van der Waals surface area contributed by atoms with E-state index in [0.717, 1.165) is 16.8 Å². The van der Waals surface area contributed by atoms with Gasteiger partial charge in [-0.2, -0.15) is 0 Å². The van der Waals surface area contributed by atoms with E-state index < -0.39 is 0 Å². The molecule has 0 aliphatic carbocycles. The number of rotatable bonds is 2. The van der Waals surface area contributed by atoms with Gasteiger partial charge in [-0.05, 0) is 38.5 Å². The quantitative estimate of drug-likeness (QED) is 0.787. The molecule has 0 unspecified atom stereocenters. The Morgan fingerprint density at radius 1 is 0.909 bits per heavy atom. The molecule has 4 nitrogen and oxygen atoms in total. The van der Waals surface area contributed by atoms with Crippen LogP contribution in [0.25, 0.3) is 22.8 Å². The third-order valence-electron chi connectivity index (χ3n) is 3.53. The van der Waals surface area contributed by atoms with Crippen LogP contribution in [0.4, 0.5) is 0 Å². The van der Waals surface area contributed by atoms with Crippen molar-refractivity contribution in [2.75, 3.05) is 0 Å². The minimum absolute atomic E-state index is 0.178. The molecule has 1 N–H and O–H groups in total. The molecule has 0 atom stereocenters. The Bertz CT molecular complexity index is 897. The molecule has 4 heteroatoms. The maximum Gasteiger partial charge on any atom is 0.251 e. The van der Waals surface area contributed by atoms with E-state index >= 15 is 0 Å². The van der Waals surface area contributed by atoms with Crippen molar-refractivity contribution in [2.45, 2.75) is 20.8 Å². The monoisotopic (exact) mass is 291 g/mol. The predicted octanol–water partition coefficient (Wildman–Crippen LogP) is 3.42. The van der Waals surface area contributed by atoms with Crippen LogP contribution in [0.2, 0.25) is 0 Å². The summed E-state index contributed by atoms with van der Waals surface area (Å²) in [4.78, 5) is 23.8. The summed E-state index contributed by atoms with van der Waals surface area (Å²) < 4.78 is 0. The molecular weight excluding hydrogens is 274 g/mol. The summed E-state index contributed by atoms with van der Waals surface area (Å²) in [5.74, 6) is 0.492. The van der Waals surface area contributed by atoms with Crippen LogP contribution in [0.3, 0.4) is 0 Å². The van der Waals surface area contributed by atoms with Crippen LogP contribution in [0.1, 0.15) is 16.8 Å². The van der Waals surface area contributed by atoms with E-state index in [0.29, 0.717) is 17.2 Å². The number of aromatic amines is 1. The summed E-state index contributed by atoms with van der Waals surface area (Å²) >= 11 is 0. The van der Waals surface area contributed by atoms with Crippen molar-refractivity contribution in [3.8, 4) is 22.8 Å². The summed E-state index contributed by atoms with van der Waals surface area (Å²) in [6.45, 7) is 5.98. The number of benzene rings is 1. The standard InChI is InChI=1S/C18H17N3O/c1-11-7-8-14(12(2)9-11)16-10-17(22)21-18(20-16)15-6-4-5-13(3)19-15/h4-10H,1-3H3,(H,20,21,22). The lowest BCUT2D eigenvalue weighted by molar-refractivity contribution is 1.09. The molecule has 0 bridgehead atoms. The Balaban J connectivity index is 2.17. The molecule has 2 aromatic heterocycles. The zero-order chi connectivity index (χ0) is 15.7. The summed E-state index contributed by atoms with van der Waals surface area (Å²) in [5.41, 5.74) is 5.29. The van der Waals surface area contributed by atoms with E-state index in [2.05, 4.69) is 21.0 Å². The number of aromatic nitrogens is 3. The molecule has 0 saturated heterocycles. The highest BCUT2D eigenvalue weighted by molar-refractivity contribution is 5.65. The number of pyridine rings is 1. The first-order valence-corrected chi connectivity index (χ1v) is 7.16. The van der Waals surface area contributed by atoms with Gasteiger partial charge in [0.15, 0.2) is 5.82 Å². The number of aryl methyl sites for hydroxylation is 3. The fourth-order valence-electron chi connectivity index (χ4n) is 2.49. The molecule has 22 heavy (non-hydrogen) atoms. The molecule has 2 heterocycles. The van der Waals surface area contributed by atoms with Crippen molar-refractivity contribution >= 4 is 0 Å². The van der Waals surface area contributed by atoms with Crippen molar-refractivity contribution in [1.82, 2.24) is 15.0 Å². The van der Waals surface area contributed by atoms with Crippen LogP contribution in [0, 0.1) is 20.8 Å². The van der Waals surface area contributed by atoms with Crippen molar-refractivity contribution in [3.05, 3.63) is 69.6 Å². The fourth-order valence-corrected chi connectivity index (χ4v) is 2.49. The molecule has 3 rings (SSSR count). The number of nitrogens with zero attached hydrogens (tertiary/aromatic N) is 2. The second kappa shape index (κ2) is 5.56. The molecule has 0 fully saturated rings.